The van der Waals surface area contributed by atoms with Gasteiger partial charge in [-0.05, 0) is 57.9 Å². The van der Waals surface area contributed by atoms with Crippen molar-refractivity contribution in [3.63, 3.8) is 0 Å². The van der Waals surface area contributed by atoms with Gasteiger partial charge in [-0.3, -0.25) is 0 Å². The molecule has 0 heterocycles. The van der Waals surface area contributed by atoms with Crippen molar-refractivity contribution in [3.05, 3.63) is 23.8 Å². The molecular formula is C16H27NO2. The summed E-state index contributed by atoms with van der Waals surface area (Å²) < 4.78 is 10.7. The van der Waals surface area contributed by atoms with E-state index in [2.05, 4.69) is 39.1 Å². The SMILES string of the molecule is COc1ccc(OC)c(C(C)CCNC(C)(C)C)c1. The smallest absolute Gasteiger partial charge is 0.122 e. The van der Waals surface area contributed by atoms with E-state index >= 15 is 0 Å². The number of hydrogen-bond donors (Lipinski definition) is 1. The standard InChI is InChI=1S/C16H27NO2/c1-12(9-10-17-16(2,3)4)14-11-13(18-5)7-8-15(14)19-6/h7-8,11-12,17H,9-10H2,1-6H3. The summed E-state index contributed by atoms with van der Waals surface area (Å²) in [6.07, 6.45) is 1.07. The number of nitrogens with one attached hydrogen (secondary N) is 1. The van der Waals surface area contributed by atoms with E-state index < -0.39 is 0 Å². The van der Waals surface area contributed by atoms with E-state index in [1.165, 1.54) is 5.56 Å². The third-order valence-corrected chi connectivity index (χ3v) is 3.20. The molecule has 0 saturated heterocycles. The maximum absolute atomic E-state index is 5.44. The highest BCUT2D eigenvalue weighted by Crippen LogP contribution is 2.32. The molecule has 1 N–H and O–H groups in total. The molecular weight excluding hydrogens is 238 g/mol. The molecule has 0 fully saturated rings. The van der Waals surface area contributed by atoms with Crippen LogP contribution in [0, 0.1) is 0 Å². The Balaban J connectivity index is 2.72. The van der Waals surface area contributed by atoms with Crippen LogP contribution in [0.1, 0.15) is 45.6 Å². The minimum atomic E-state index is 0.165. The Hall–Kier alpha value is -1.22. The fraction of sp³-hybridized carbons (Fsp3) is 0.625. The molecule has 3 nitrogen and oxygen atoms in total. The molecule has 0 aliphatic heterocycles. The third kappa shape index (κ3) is 5.11. The summed E-state index contributed by atoms with van der Waals surface area (Å²) >= 11 is 0. The molecule has 0 aromatic heterocycles. The van der Waals surface area contributed by atoms with Crippen LogP contribution < -0.4 is 14.8 Å². The first-order valence-electron chi connectivity index (χ1n) is 6.84. The average molecular weight is 265 g/mol. The zero-order chi connectivity index (χ0) is 14.5. The molecule has 1 aromatic carbocycles. The molecule has 108 valence electrons. The molecule has 0 spiro atoms. The number of methoxy groups -OCH3 is 2. The van der Waals surface area contributed by atoms with Crippen LogP contribution in [0.3, 0.4) is 0 Å². The van der Waals surface area contributed by atoms with E-state index in [-0.39, 0.29) is 5.54 Å². The van der Waals surface area contributed by atoms with Crippen LogP contribution in [-0.2, 0) is 0 Å². The zero-order valence-electron chi connectivity index (χ0n) is 13.0. The summed E-state index contributed by atoms with van der Waals surface area (Å²) in [5.74, 6) is 2.25. The van der Waals surface area contributed by atoms with Crippen molar-refractivity contribution in [2.75, 3.05) is 20.8 Å². The maximum atomic E-state index is 5.44. The van der Waals surface area contributed by atoms with Gasteiger partial charge in [0.2, 0.25) is 0 Å². The second-order valence-electron chi connectivity index (χ2n) is 5.97. The predicted molar refractivity (Wildman–Crippen MR) is 80.3 cm³/mol. The normalized spacial score (nSPS) is 13.2. The van der Waals surface area contributed by atoms with E-state index in [0.717, 1.165) is 24.5 Å². The van der Waals surface area contributed by atoms with Crippen molar-refractivity contribution >= 4 is 0 Å². The topological polar surface area (TPSA) is 30.5 Å². The minimum Gasteiger partial charge on any atom is -0.497 e. The Bertz CT molecular complexity index is 396. The van der Waals surface area contributed by atoms with Crippen LogP contribution in [-0.4, -0.2) is 26.3 Å². The molecule has 1 unspecified atom stereocenters. The van der Waals surface area contributed by atoms with Gasteiger partial charge >= 0.3 is 0 Å². The van der Waals surface area contributed by atoms with Crippen molar-refractivity contribution in [2.24, 2.45) is 0 Å². The van der Waals surface area contributed by atoms with Crippen LogP contribution in [0.5, 0.6) is 11.5 Å². The molecule has 0 aliphatic carbocycles. The van der Waals surface area contributed by atoms with Crippen LogP contribution in [0.2, 0.25) is 0 Å². The van der Waals surface area contributed by atoms with Crippen molar-refractivity contribution < 1.29 is 9.47 Å². The van der Waals surface area contributed by atoms with Gasteiger partial charge in [-0.25, -0.2) is 0 Å². The minimum absolute atomic E-state index is 0.165. The van der Waals surface area contributed by atoms with Gasteiger partial charge in [0, 0.05) is 11.1 Å². The first-order valence-corrected chi connectivity index (χ1v) is 6.84. The lowest BCUT2D eigenvalue weighted by Crippen LogP contribution is -2.36. The van der Waals surface area contributed by atoms with Crippen LogP contribution in [0.4, 0.5) is 0 Å². The predicted octanol–water partition coefficient (Wildman–Crippen LogP) is 3.59. The summed E-state index contributed by atoms with van der Waals surface area (Å²) in [5, 5.41) is 3.52. The quantitative estimate of drug-likeness (QED) is 0.852. The summed E-state index contributed by atoms with van der Waals surface area (Å²) in [5.41, 5.74) is 1.37. The molecule has 0 aliphatic rings. The highest BCUT2D eigenvalue weighted by molar-refractivity contribution is 5.42. The average Bonchev–Trinajstić information content (AvgIpc) is 2.36. The molecule has 3 heteroatoms. The second-order valence-corrected chi connectivity index (χ2v) is 5.97. The number of benzene rings is 1. The molecule has 0 radical (unpaired) electrons. The first-order chi connectivity index (χ1) is 8.87. The van der Waals surface area contributed by atoms with Crippen molar-refractivity contribution in [1.82, 2.24) is 5.32 Å². The highest BCUT2D eigenvalue weighted by Gasteiger charge is 2.14. The Kier molecular flexibility index (Phi) is 5.67. The van der Waals surface area contributed by atoms with E-state index in [4.69, 9.17) is 9.47 Å². The summed E-state index contributed by atoms with van der Waals surface area (Å²) in [7, 11) is 3.41. The molecule has 1 rings (SSSR count). The highest BCUT2D eigenvalue weighted by atomic mass is 16.5. The number of ether oxygens (including phenoxy) is 2. The third-order valence-electron chi connectivity index (χ3n) is 3.20. The van der Waals surface area contributed by atoms with E-state index in [1.54, 1.807) is 14.2 Å². The van der Waals surface area contributed by atoms with Gasteiger partial charge < -0.3 is 14.8 Å². The largest absolute Gasteiger partial charge is 0.497 e. The van der Waals surface area contributed by atoms with Crippen molar-refractivity contribution in [1.29, 1.82) is 0 Å². The summed E-state index contributed by atoms with van der Waals surface area (Å²) in [6, 6.07) is 5.98. The first kappa shape index (κ1) is 15.8. The molecule has 1 aromatic rings. The Labute approximate surface area is 117 Å². The monoisotopic (exact) mass is 265 g/mol. The van der Waals surface area contributed by atoms with Gasteiger partial charge in [0.1, 0.15) is 11.5 Å². The summed E-state index contributed by atoms with van der Waals surface area (Å²) in [6.45, 7) is 9.77. The van der Waals surface area contributed by atoms with E-state index in [9.17, 15) is 0 Å². The molecule has 0 bridgehead atoms. The molecule has 19 heavy (non-hydrogen) atoms. The van der Waals surface area contributed by atoms with E-state index in [1.807, 2.05) is 12.1 Å². The van der Waals surface area contributed by atoms with Crippen LogP contribution in [0.25, 0.3) is 0 Å². The van der Waals surface area contributed by atoms with Crippen molar-refractivity contribution in [2.45, 2.75) is 45.6 Å². The van der Waals surface area contributed by atoms with Gasteiger partial charge in [-0.15, -0.1) is 0 Å². The Morgan fingerprint density at radius 2 is 1.84 bits per heavy atom. The number of hydrogen-bond acceptors (Lipinski definition) is 3. The van der Waals surface area contributed by atoms with Crippen LogP contribution in [0.15, 0.2) is 18.2 Å². The molecule has 0 saturated carbocycles. The lowest BCUT2D eigenvalue weighted by molar-refractivity contribution is 0.388. The lowest BCUT2D eigenvalue weighted by Gasteiger charge is -2.23. The van der Waals surface area contributed by atoms with Gasteiger partial charge in [0.25, 0.3) is 0 Å². The van der Waals surface area contributed by atoms with Gasteiger partial charge in [-0.1, -0.05) is 6.92 Å². The van der Waals surface area contributed by atoms with Gasteiger partial charge in [0.15, 0.2) is 0 Å². The summed E-state index contributed by atoms with van der Waals surface area (Å²) in [4.78, 5) is 0. The Morgan fingerprint density at radius 1 is 1.16 bits per heavy atom. The zero-order valence-corrected chi connectivity index (χ0v) is 13.0. The van der Waals surface area contributed by atoms with E-state index in [0.29, 0.717) is 5.92 Å². The van der Waals surface area contributed by atoms with Crippen LogP contribution >= 0.6 is 0 Å². The van der Waals surface area contributed by atoms with Crippen molar-refractivity contribution in [3.8, 4) is 11.5 Å². The fourth-order valence-electron chi connectivity index (χ4n) is 2.04. The molecule has 0 amide bonds. The maximum Gasteiger partial charge on any atom is 0.122 e. The molecule has 1 atom stereocenters. The number of rotatable bonds is 6. The Morgan fingerprint density at radius 3 is 2.37 bits per heavy atom. The van der Waals surface area contributed by atoms with Gasteiger partial charge in [0.05, 0.1) is 14.2 Å². The lowest BCUT2D eigenvalue weighted by atomic mass is 9.96. The second kappa shape index (κ2) is 6.80. The fourth-order valence-corrected chi connectivity index (χ4v) is 2.04. The van der Waals surface area contributed by atoms with Gasteiger partial charge in [-0.2, -0.15) is 0 Å².